The Bertz CT molecular complexity index is 433. The van der Waals surface area contributed by atoms with E-state index in [9.17, 15) is 0 Å². The molecule has 0 atom stereocenters. The molecule has 1 fully saturated rings. The molecule has 1 aromatic heterocycles. The summed E-state index contributed by atoms with van der Waals surface area (Å²) >= 11 is 0. The number of nitrogens with zero attached hydrogens (tertiary/aromatic N) is 2. The highest BCUT2D eigenvalue weighted by atomic mass is 15.2. The molecule has 0 unspecified atom stereocenters. The summed E-state index contributed by atoms with van der Waals surface area (Å²) in [5.41, 5.74) is 1.20. The lowest BCUT2D eigenvalue weighted by Crippen LogP contribution is -2.44. The van der Waals surface area contributed by atoms with Crippen molar-refractivity contribution in [2.75, 3.05) is 29.9 Å². The highest BCUT2D eigenvalue weighted by Gasteiger charge is 2.24. The molecule has 1 aliphatic heterocycles. The number of hydrogen-bond donors (Lipinski definition) is 2. The maximum absolute atomic E-state index is 4.70. The van der Waals surface area contributed by atoms with E-state index in [2.05, 4.69) is 49.3 Å². The van der Waals surface area contributed by atoms with Gasteiger partial charge in [-0.05, 0) is 65.3 Å². The fourth-order valence-electron chi connectivity index (χ4n) is 2.95. The average molecular weight is 290 g/mol. The first-order chi connectivity index (χ1) is 10.0. The summed E-state index contributed by atoms with van der Waals surface area (Å²) in [5, 5.41) is 7.06. The van der Waals surface area contributed by atoms with Crippen molar-refractivity contribution in [1.82, 2.24) is 10.3 Å². The molecular formula is C17H30N4. The van der Waals surface area contributed by atoms with Gasteiger partial charge in [0.15, 0.2) is 5.82 Å². The van der Waals surface area contributed by atoms with E-state index in [1.807, 2.05) is 12.3 Å². The molecule has 2 rings (SSSR count). The number of piperidine rings is 1. The highest BCUT2D eigenvalue weighted by molar-refractivity contribution is 5.66. The van der Waals surface area contributed by atoms with Gasteiger partial charge >= 0.3 is 0 Å². The van der Waals surface area contributed by atoms with Gasteiger partial charge < -0.3 is 15.5 Å². The minimum absolute atomic E-state index is 0.0454. The molecule has 1 saturated heterocycles. The van der Waals surface area contributed by atoms with Crippen LogP contribution in [0.2, 0.25) is 0 Å². The Balaban J connectivity index is 2.26. The Morgan fingerprint density at radius 2 is 2.05 bits per heavy atom. The van der Waals surface area contributed by atoms with E-state index in [1.165, 1.54) is 12.8 Å². The van der Waals surface area contributed by atoms with Crippen LogP contribution in [0.3, 0.4) is 0 Å². The lowest BCUT2D eigenvalue weighted by atomic mass is 10.0. The van der Waals surface area contributed by atoms with E-state index in [0.717, 1.165) is 37.6 Å². The molecule has 0 bridgehead atoms. The average Bonchev–Trinajstić information content (AvgIpc) is 2.45. The predicted octanol–water partition coefficient (Wildman–Crippen LogP) is 3.26. The van der Waals surface area contributed by atoms with Gasteiger partial charge in [-0.25, -0.2) is 4.98 Å². The van der Waals surface area contributed by atoms with E-state index in [4.69, 9.17) is 4.98 Å². The van der Waals surface area contributed by atoms with Crippen LogP contribution in [0.25, 0.3) is 0 Å². The van der Waals surface area contributed by atoms with Crippen LogP contribution in [0.15, 0.2) is 18.3 Å². The first kappa shape index (κ1) is 16.1. The van der Waals surface area contributed by atoms with E-state index in [-0.39, 0.29) is 5.54 Å². The molecule has 118 valence electrons. The Labute approximate surface area is 129 Å². The zero-order valence-electron chi connectivity index (χ0n) is 13.9. The Kier molecular flexibility index (Phi) is 5.45. The molecule has 0 radical (unpaired) electrons. The Hall–Kier alpha value is -1.29. The quantitative estimate of drug-likeness (QED) is 0.873. The van der Waals surface area contributed by atoms with Crippen molar-refractivity contribution in [2.45, 2.75) is 58.5 Å². The highest BCUT2D eigenvalue weighted by Crippen LogP contribution is 2.29. The minimum atomic E-state index is 0.0454. The van der Waals surface area contributed by atoms with Gasteiger partial charge in [-0.2, -0.15) is 0 Å². The molecule has 0 spiro atoms. The lowest BCUT2D eigenvalue weighted by molar-refractivity contribution is 0.427. The molecule has 0 saturated carbocycles. The van der Waals surface area contributed by atoms with Crippen LogP contribution in [0.5, 0.6) is 0 Å². The van der Waals surface area contributed by atoms with Crippen LogP contribution in [0, 0.1) is 0 Å². The number of aromatic nitrogens is 1. The van der Waals surface area contributed by atoms with Crippen molar-refractivity contribution in [2.24, 2.45) is 0 Å². The maximum atomic E-state index is 4.70. The molecule has 21 heavy (non-hydrogen) atoms. The van der Waals surface area contributed by atoms with Gasteiger partial charge in [-0.15, -0.1) is 0 Å². The van der Waals surface area contributed by atoms with Crippen molar-refractivity contribution in [3.63, 3.8) is 0 Å². The molecule has 2 N–H and O–H groups in total. The minimum Gasteiger partial charge on any atom is -0.377 e. The number of rotatable bonds is 5. The standard InChI is InChI=1S/C17H30N4/c1-5-13-21(14-8-11-18-12-9-14)16-15(7-6-10-19-16)20-17(2,3)4/h6-7,10,14,18,20H,5,8-9,11-13H2,1-4H3. The summed E-state index contributed by atoms with van der Waals surface area (Å²) in [6.07, 6.45) is 5.46. The van der Waals surface area contributed by atoms with E-state index >= 15 is 0 Å². The van der Waals surface area contributed by atoms with Gasteiger partial charge in [0.05, 0.1) is 5.69 Å². The topological polar surface area (TPSA) is 40.2 Å². The predicted molar refractivity (Wildman–Crippen MR) is 91.1 cm³/mol. The summed E-state index contributed by atoms with van der Waals surface area (Å²) in [5.74, 6) is 1.11. The fraction of sp³-hybridized carbons (Fsp3) is 0.706. The van der Waals surface area contributed by atoms with Crippen LogP contribution >= 0.6 is 0 Å². The van der Waals surface area contributed by atoms with Gasteiger partial charge in [-0.3, -0.25) is 0 Å². The van der Waals surface area contributed by atoms with Crippen LogP contribution in [0.1, 0.15) is 47.0 Å². The summed E-state index contributed by atoms with van der Waals surface area (Å²) in [6.45, 7) is 12.1. The largest absolute Gasteiger partial charge is 0.377 e. The molecule has 1 aromatic rings. The van der Waals surface area contributed by atoms with E-state index < -0.39 is 0 Å². The van der Waals surface area contributed by atoms with E-state index in [1.54, 1.807) is 0 Å². The van der Waals surface area contributed by atoms with Crippen LogP contribution < -0.4 is 15.5 Å². The number of nitrogens with one attached hydrogen (secondary N) is 2. The normalized spacial score (nSPS) is 16.8. The maximum Gasteiger partial charge on any atom is 0.152 e. The van der Waals surface area contributed by atoms with Crippen molar-refractivity contribution >= 4 is 11.5 Å². The van der Waals surface area contributed by atoms with Gasteiger partial charge in [0.2, 0.25) is 0 Å². The fourth-order valence-corrected chi connectivity index (χ4v) is 2.95. The molecule has 0 amide bonds. The second-order valence-electron chi connectivity index (χ2n) is 6.92. The van der Waals surface area contributed by atoms with Gasteiger partial charge in [0.25, 0.3) is 0 Å². The summed E-state index contributed by atoms with van der Waals surface area (Å²) < 4.78 is 0. The molecule has 4 nitrogen and oxygen atoms in total. The third-order valence-electron chi connectivity index (χ3n) is 3.78. The molecule has 1 aliphatic rings. The number of hydrogen-bond acceptors (Lipinski definition) is 4. The Morgan fingerprint density at radius 3 is 2.67 bits per heavy atom. The Morgan fingerprint density at radius 1 is 1.33 bits per heavy atom. The summed E-state index contributed by atoms with van der Waals surface area (Å²) in [6, 6.07) is 4.77. The second-order valence-corrected chi connectivity index (χ2v) is 6.92. The zero-order valence-corrected chi connectivity index (χ0v) is 13.9. The third kappa shape index (κ3) is 4.60. The number of pyridine rings is 1. The summed E-state index contributed by atoms with van der Waals surface area (Å²) in [4.78, 5) is 7.21. The number of anilines is 2. The molecule has 2 heterocycles. The zero-order chi connectivity index (χ0) is 15.3. The van der Waals surface area contributed by atoms with Gasteiger partial charge in [0.1, 0.15) is 0 Å². The van der Waals surface area contributed by atoms with E-state index in [0.29, 0.717) is 6.04 Å². The monoisotopic (exact) mass is 290 g/mol. The molecule has 4 heteroatoms. The van der Waals surface area contributed by atoms with Crippen LogP contribution in [0.4, 0.5) is 11.5 Å². The first-order valence-corrected chi connectivity index (χ1v) is 8.22. The van der Waals surface area contributed by atoms with Gasteiger partial charge in [0, 0.05) is 24.3 Å². The van der Waals surface area contributed by atoms with Crippen molar-refractivity contribution < 1.29 is 0 Å². The SMILES string of the molecule is CCCN(c1ncccc1NC(C)(C)C)C1CCNCC1. The molecular weight excluding hydrogens is 260 g/mol. The third-order valence-corrected chi connectivity index (χ3v) is 3.78. The van der Waals surface area contributed by atoms with Crippen LogP contribution in [-0.4, -0.2) is 36.2 Å². The van der Waals surface area contributed by atoms with Crippen molar-refractivity contribution in [3.05, 3.63) is 18.3 Å². The smallest absolute Gasteiger partial charge is 0.152 e. The van der Waals surface area contributed by atoms with Crippen molar-refractivity contribution in [1.29, 1.82) is 0 Å². The summed E-state index contributed by atoms with van der Waals surface area (Å²) in [7, 11) is 0. The molecule has 0 aromatic carbocycles. The lowest BCUT2D eigenvalue weighted by Gasteiger charge is -2.37. The van der Waals surface area contributed by atoms with Crippen LogP contribution in [-0.2, 0) is 0 Å². The molecule has 0 aliphatic carbocycles. The van der Waals surface area contributed by atoms with Crippen molar-refractivity contribution in [3.8, 4) is 0 Å². The van der Waals surface area contributed by atoms with Gasteiger partial charge in [-0.1, -0.05) is 6.92 Å². The second kappa shape index (κ2) is 7.12. The first-order valence-electron chi connectivity index (χ1n) is 8.22.